The molecule has 0 saturated carbocycles. The van der Waals surface area contributed by atoms with Crippen LogP contribution in [0.3, 0.4) is 0 Å². The summed E-state index contributed by atoms with van der Waals surface area (Å²) in [7, 11) is 1.91. The Morgan fingerprint density at radius 2 is 1.94 bits per heavy atom. The second-order valence-electron chi connectivity index (χ2n) is 8.05. The van der Waals surface area contributed by atoms with Gasteiger partial charge in [-0.15, -0.1) is 10.2 Å². The second-order valence-corrected chi connectivity index (χ2v) is 9.43. The molecule has 1 aliphatic heterocycles. The molecule has 0 fully saturated rings. The molecule has 0 N–H and O–H groups in total. The second kappa shape index (κ2) is 9.48. The number of nitrogens with zero attached hydrogens (tertiary/aromatic N) is 5. The summed E-state index contributed by atoms with van der Waals surface area (Å²) in [6.45, 7) is 2.04. The number of carbonyl (C=O) groups is 1. The van der Waals surface area contributed by atoms with Gasteiger partial charge in [-0.05, 0) is 42.8 Å². The molecule has 5 rings (SSSR count). The van der Waals surface area contributed by atoms with E-state index in [4.69, 9.17) is 16.0 Å². The molecular formula is C25H22ClN5O2S. The van der Waals surface area contributed by atoms with Crippen LogP contribution in [0.5, 0.6) is 0 Å². The number of hydrazone groups is 1. The normalized spacial score (nSPS) is 15.6. The highest BCUT2D eigenvalue weighted by molar-refractivity contribution is 7.99. The lowest BCUT2D eigenvalue weighted by molar-refractivity contribution is -0.130. The van der Waals surface area contributed by atoms with E-state index in [2.05, 4.69) is 21.4 Å². The van der Waals surface area contributed by atoms with Crippen molar-refractivity contribution in [2.45, 2.75) is 24.5 Å². The molecule has 172 valence electrons. The maximum absolute atomic E-state index is 13.3. The fraction of sp³-hybridized carbons (Fsp3) is 0.200. The summed E-state index contributed by atoms with van der Waals surface area (Å²) in [5.74, 6) is 1.51. The van der Waals surface area contributed by atoms with Crippen LogP contribution < -0.4 is 0 Å². The molecule has 0 bridgehead atoms. The van der Waals surface area contributed by atoms with E-state index >= 15 is 0 Å². The smallest absolute Gasteiger partial charge is 0.253 e. The van der Waals surface area contributed by atoms with Gasteiger partial charge in [-0.1, -0.05) is 59.3 Å². The first-order chi connectivity index (χ1) is 16.5. The Labute approximate surface area is 206 Å². The molecule has 2 aromatic heterocycles. The molecule has 3 heterocycles. The molecule has 0 spiro atoms. The average Bonchev–Trinajstić information content (AvgIpc) is 3.58. The highest BCUT2D eigenvalue weighted by atomic mass is 35.5. The maximum atomic E-state index is 13.3. The van der Waals surface area contributed by atoms with E-state index in [1.807, 2.05) is 73.1 Å². The van der Waals surface area contributed by atoms with Crippen molar-refractivity contribution in [3.63, 3.8) is 0 Å². The number of rotatable bonds is 6. The Morgan fingerprint density at radius 1 is 1.12 bits per heavy atom. The zero-order chi connectivity index (χ0) is 23.7. The third-order valence-electron chi connectivity index (χ3n) is 5.65. The minimum absolute atomic E-state index is 0.129. The molecule has 0 radical (unpaired) electrons. The molecule has 0 aliphatic carbocycles. The lowest BCUT2D eigenvalue weighted by atomic mass is 10.0. The van der Waals surface area contributed by atoms with Gasteiger partial charge < -0.3 is 8.98 Å². The van der Waals surface area contributed by atoms with Crippen molar-refractivity contribution in [2.75, 3.05) is 5.75 Å². The van der Waals surface area contributed by atoms with Gasteiger partial charge in [0.2, 0.25) is 0 Å². The van der Waals surface area contributed by atoms with Gasteiger partial charge in [-0.2, -0.15) is 5.10 Å². The van der Waals surface area contributed by atoms with Crippen molar-refractivity contribution in [1.29, 1.82) is 0 Å². The van der Waals surface area contributed by atoms with Crippen molar-refractivity contribution in [2.24, 2.45) is 12.1 Å². The highest BCUT2D eigenvalue weighted by Crippen LogP contribution is 2.34. The van der Waals surface area contributed by atoms with Crippen molar-refractivity contribution < 1.29 is 9.21 Å². The number of halogens is 1. The third kappa shape index (κ3) is 4.51. The van der Waals surface area contributed by atoms with E-state index < -0.39 is 0 Å². The van der Waals surface area contributed by atoms with Crippen molar-refractivity contribution in [3.05, 3.63) is 88.8 Å². The fourth-order valence-electron chi connectivity index (χ4n) is 3.93. The predicted molar refractivity (Wildman–Crippen MR) is 133 cm³/mol. The average molecular weight is 492 g/mol. The topological polar surface area (TPSA) is 76.5 Å². The van der Waals surface area contributed by atoms with Crippen molar-refractivity contribution in [3.8, 4) is 11.4 Å². The molecule has 1 amide bonds. The molecular weight excluding hydrogens is 470 g/mol. The largest absolute Gasteiger partial charge is 0.467 e. The zero-order valence-corrected chi connectivity index (χ0v) is 20.3. The zero-order valence-electron chi connectivity index (χ0n) is 18.7. The maximum Gasteiger partial charge on any atom is 0.253 e. The summed E-state index contributed by atoms with van der Waals surface area (Å²) < 4.78 is 7.53. The number of hydrogen-bond acceptors (Lipinski definition) is 6. The molecule has 1 aliphatic rings. The van der Waals surface area contributed by atoms with Crippen LogP contribution in [0.25, 0.3) is 11.4 Å². The SMILES string of the molecule is Cc1cccc(-c2nnc(SCC(=O)N3N=C(c4ccc(Cl)cc4)CC3c3ccco3)n2C)c1. The van der Waals surface area contributed by atoms with E-state index in [1.165, 1.54) is 16.8 Å². The van der Waals surface area contributed by atoms with Gasteiger partial charge in [-0.3, -0.25) is 4.79 Å². The molecule has 1 unspecified atom stereocenters. The minimum atomic E-state index is -0.295. The Balaban J connectivity index is 1.35. The Morgan fingerprint density at radius 3 is 2.68 bits per heavy atom. The predicted octanol–water partition coefficient (Wildman–Crippen LogP) is 5.51. The summed E-state index contributed by atoms with van der Waals surface area (Å²) in [6, 6.07) is 19.0. The van der Waals surface area contributed by atoms with Crippen LogP contribution in [0.2, 0.25) is 5.02 Å². The standard InChI is InChI=1S/C25H22ClN5O2S/c1-16-5-3-6-18(13-16)24-27-28-25(30(24)2)34-15-23(32)31-21(22-7-4-12-33-22)14-20(29-31)17-8-10-19(26)11-9-17/h3-13,21H,14-15H2,1-2H3. The number of benzene rings is 2. The number of aryl methyl sites for hydroxylation is 1. The van der Waals surface area contributed by atoms with Gasteiger partial charge in [0.05, 0.1) is 17.7 Å². The summed E-state index contributed by atoms with van der Waals surface area (Å²) in [6.07, 6.45) is 2.17. The number of thioether (sulfide) groups is 1. The molecule has 7 nitrogen and oxygen atoms in total. The van der Waals surface area contributed by atoms with Gasteiger partial charge in [0.25, 0.3) is 5.91 Å². The lowest BCUT2D eigenvalue weighted by Gasteiger charge is -2.19. The van der Waals surface area contributed by atoms with Gasteiger partial charge in [0, 0.05) is 24.1 Å². The fourth-order valence-corrected chi connectivity index (χ4v) is 4.82. The van der Waals surface area contributed by atoms with Crippen LogP contribution in [-0.2, 0) is 11.8 Å². The number of carbonyl (C=O) groups excluding carboxylic acids is 1. The third-order valence-corrected chi connectivity index (χ3v) is 6.91. The minimum Gasteiger partial charge on any atom is -0.467 e. The van der Waals surface area contributed by atoms with Crippen LogP contribution in [0.1, 0.15) is 29.3 Å². The summed E-state index contributed by atoms with van der Waals surface area (Å²) >= 11 is 7.37. The summed E-state index contributed by atoms with van der Waals surface area (Å²) in [5, 5.41) is 16.1. The number of furan rings is 1. The Hall–Kier alpha value is -3.36. The first-order valence-electron chi connectivity index (χ1n) is 10.8. The summed E-state index contributed by atoms with van der Waals surface area (Å²) in [4.78, 5) is 13.3. The van der Waals surface area contributed by atoms with Crippen molar-refractivity contribution in [1.82, 2.24) is 19.8 Å². The van der Waals surface area contributed by atoms with E-state index in [0.29, 0.717) is 22.4 Å². The molecule has 9 heteroatoms. The number of hydrogen-bond donors (Lipinski definition) is 0. The van der Waals surface area contributed by atoms with Crippen LogP contribution in [-0.4, -0.2) is 37.1 Å². The Kier molecular flexibility index (Phi) is 6.26. The first kappa shape index (κ1) is 22.4. The van der Waals surface area contributed by atoms with Gasteiger partial charge in [0.1, 0.15) is 11.8 Å². The van der Waals surface area contributed by atoms with E-state index in [0.717, 1.165) is 28.2 Å². The van der Waals surface area contributed by atoms with Gasteiger partial charge >= 0.3 is 0 Å². The molecule has 34 heavy (non-hydrogen) atoms. The lowest BCUT2D eigenvalue weighted by Crippen LogP contribution is -2.28. The molecule has 2 aromatic carbocycles. The monoisotopic (exact) mass is 491 g/mol. The van der Waals surface area contributed by atoms with Crippen molar-refractivity contribution >= 4 is 35.0 Å². The van der Waals surface area contributed by atoms with Gasteiger partial charge in [-0.25, -0.2) is 5.01 Å². The summed E-state index contributed by atoms with van der Waals surface area (Å²) in [5.41, 5.74) is 3.89. The van der Waals surface area contributed by atoms with E-state index in [1.54, 1.807) is 6.26 Å². The first-order valence-corrected chi connectivity index (χ1v) is 12.1. The van der Waals surface area contributed by atoms with Crippen LogP contribution in [0.15, 0.2) is 81.6 Å². The molecule has 4 aromatic rings. The van der Waals surface area contributed by atoms with E-state index in [-0.39, 0.29) is 17.7 Å². The van der Waals surface area contributed by atoms with E-state index in [9.17, 15) is 4.79 Å². The van der Waals surface area contributed by atoms with Gasteiger partial charge in [0.15, 0.2) is 11.0 Å². The highest BCUT2D eigenvalue weighted by Gasteiger charge is 2.35. The number of amides is 1. The number of aromatic nitrogens is 3. The van der Waals surface area contributed by atoms with Crippen LogP contribution >= 0.6 is 23.4 Å². The molecule has 0 saturated heterocycles. The molecule has 1 atom stereocenters. The van der Waals surface area contributed by atoms with Crippen LogP contribution in [0, 0.1) is 6.92 Å². The Bertz CT molecular complexity index is 1350. The van der Waals surface area contributed by atoms with Crippen LogP contribution in [0.4, 0.5) is 0 Å². The quantitative estimate of drug-likeness (QED) is 0.332.